The number of aryl methyl sites for hydroxylation is 1. The maximum Gasteiger partial charge on any atom is 0.114 e. The van der Waals surface area contributed by atoms with Crippen LogP contribution in [-0.4, -0.2) is 47.1 Å². The zero-order valence-corrected chi connectivity index (χ0v) is 10.8. The van der Waals surface area contributed by atoms with Gasteiger partial charge in [0, 0.05) is 32.3 Å². The van der Waals surface area contributed by atoms with E-state index in [1.165, 1.54) is 11.1 Å². The molecule has 0 bridgehead atoms. The summed E-state index contributed by atoms with van der Waals surface area (Å²) < 4.78 is 7.55. The van der Waals surface area contributed by atoms with E-state index in [9.17, 15) is 0 Å². The third-order valence-electron chi connectivity index (χ3n) is 3.52. The molecular weight excluding hydrogens is 226 g/mol. The highest BCUT2D eigenvalue weighted by Gasteiger charge is 2.11. The predicted molar refractivity (Wildman–Crippen MR) is 70.9 cm³/mol. The number of imidazole rings is 1. The van der Waals surface area contributed by atoms with Crippen molar-refractivity contribution in [2.24, 2.45) is 0 Å². The van der Waals surface area contributed by atoms with Gasteiger partial charge in [-0.1, -0.05) is 0 Å². The molecule has 1 saturated heterocycles. The average Bonchev–Trinajstić information content (AvgIpc) is 2.80. The molecule has 4 nitrogen and oxygen atoms in total. The molecule has 3 heterocycles. The lowest BCUT2D eigenvalue weighted by Gasteiger charge is -2.26. The van der Waals surface area contributed by atoms with Crippen LogP contribution in [0, 0.1) is 6.92 Å². The van der Waals surface area contributed by atoms with Crippen molar-refractivity contribution in [2.75, 3.05) is 32.8 Å². The molecule has 0 aliphatic carbocycles. The first-order chi connectivity index (χ1) is 8.83. The summed E-state index contributed by atoms with van der Waals surface area (Å²) >= 11 is 0. The molecule has 4 heteroatoms. The van der Waals surface area contributed by atoms with Crippen LogP contribution in [0.5, 0.6) is 0 Å². The normalized spacial score (nSPS) is 17.4. The Balaban J connectivity index is 1.70. The highest BCUT2D eigenvalue weighted by atomic mass is 16.5. The molecule has 3 rings (SSSR count). The number of morpholine rings is 1. The molecule has 0 unspecified atom stereocenters. The number of hydrogen-bond acceptors (Lipinski definition) is 3. The Morgan fingerprint density at radius 3 is 3.00 bits per heavy atom. The van der Waals surface area contributed by atoms with Crippen LogP contribution < -0.4 is 0 Å². The molecule has 0 aromatic carbocycles. The molecule has 18 heavy (non-hydrogen) atoms. The average molecular weight is 245 g/mol. The monoisotopic (exact) mass is 245 g/mol. The van der Waals surface area contributed by atoms with Gasteiger partial charge in [-0.25, -0.2) is 4.98 Å². The Morgan fingerprint density at radius 2 is 2.17 bits per heavy atom. The molecule has 0 amide bonds. The van der Waals surface area contributed by atoms with Crippen molar-refractivity contribution in [3.8, 4) is 0 Å². The molecule has 2 aromatic rings. The Bertz CT molecular complexity index is 529. The first-order valence-corrected chi connectivity index (χ1v) is 6.55. The third kappa shape index (κ3) is 2.40. The van der Waals surface area contributed by atoms with Crippen molar-refractivity contribution in [2.45, 2.75) is 13.3 Å². The van der Waals surface area contributed by atoms with Gasteiger partial charge in [0.05, 0.1) is 24.9 Å². The third-order valence-corrected chi connectivity index (χ3v) is 3.52. The van der Waals surface area contributed by atoms with Crippen LogP contribution in [0.3, 0.4) is 0 Å². The molecular formula is C14H19N3O. The number of pyridine rings is 1. The summed E-state index contributed by atoms with van der Waals surface area (Å²) in [5, 5.41) is 0. The summed E-state index contributed by atoms with van der Waals surface area (Å²) in [6, 6.07) is 4.30. The quantitative estimate of drug-likeness (QED) is 0.821. The van der Waals surface area contributed by atoms with Gasteiger partial charge in [0.15, 0.2) is 0 Å². The number of nitrogens with zero attached hydrogens (tertiary/aromatic N) is 3. The summed E-state index contributed by atoms with van der Waals surface area (Å²) in [5.41, 5.74) is 2.47. The molecule has 1 aliphatic heterocycles. The first kappa shape index (κ1) is 11.7. The fourth-order valence-corrected chi connectivity index (χ4v) is 2.43. The van der Waals surface area contributed by atoms with Crippen molar-refractivity contribution in [3.05, 3.63) is 35.9 Å². The van der Waals surface area contributed by atoms with E-state index in [1.54, 1.807) is 0 Å². The lowest BCUT2D eigenvalue weighted by atomic mass is 10.3. The Kier molecular flexibility index (Phi) is 3.30. The van der Waals surface area contributed by atoms with Crippen molar-refractivity contribution in [1.82, 2.24) is 14.3 Å². The van der Waals surface area contributed by atoms with Gasteiger partial charge in [0.2, 0.25) is 0 Å². The van der Waals surface area contributed by atoms with E-state index < -0.39 is 0 Å². The lowest BCUT2D eigenvalue weighted by molar-refractivity contribution is 0.0382. The van der Waals surface area contributed by atoms with E-state index in [-0.39, 0.29) is 0 Å². The summed E-state index contributed by atoms with van der Waals surface area (Å²) in [6.45, 7) is 6.99. The summed E-state index contributed by atoms with van der Waals surface area (Å²) in [7, 11) is 0. The highest BCUT2D eigenvalue weighted by Crippen LogP contribution is 2.10. The molecule has 1 aliphatic rings. The van der Waals surface area contributed by atoms with Crippen LogP contribution in [0.25, 0.3) is 5.52 Å². The lowest BCUT2D eigenvalue weighted by Crippen LogP contribution is -2.37. The highest BCUT2D eigenvalue weighted by molar-refractivity contribution is 5.48. The molecule has 0 atom stereocenters. The fourth-order valence-electron chi connectivity index (χ4n) is 2.43. The van der Waals surface area contributed by atoms with E-state index in [2.05, 4.69) is 39.5 Å². The molecule has 0 saturated carbocycles. The van der Waals surface area contributed by atoms with Crippen molar-refractivity contribution < 1.29 is 4.74 Å². The van der Waals surface area contributed by atoms with Gasteiger partial charge in [0.25, 0.3) is 0 Å². The maximum absolute atomic E-state index is 5.36. The van der Waals surface area contributed by atoms with Gasteiger partial charge in [-0.3, -0.25) is 4.90 Å². The van der Waals surface area contributed by atoms with E-state index in [1.807, 2.05) is 6.20 Å². The van der Waals surface area contributed by atoms with Crippen LogP contribution in [0.15, 0.2) is 24.5 Å². The van der Waals surface area contributed by atoms with Gasteiger partial charge >= 0.3 is 0 Å². The van der Waals surface area contributed by atoms with E-state index in [0.29, 0.717) is 0 Å². The topological polar surface area (TPSA) is 29.8 Å². The van der Waals surface area contributed by atoms with Gasteiger partial charge in [-0.2, -0.15) is 0 Å². The van der Waals surface area contributed by atoms with E-state index >= 15 is 0 Å². The SMILES string of the molecule is Cc1ccn2c(CCN3CCOCC3)ncc2c1. The van der Waals surface area contributed by atoms with Gasteiger partial charge in [-0.15, -0.1) is 0 Å². The van der Waals surface area contributed by atoms with Crippen LogP contribution in [-0.2, 0) is 11.2 Å². The minimum atomic E-state index is 0.863. The number of rotatable bonds is 3. The van der Waals surface area contributed by atoms with Crippen LogP contribution in [0.2, 0.25) is 0 Å². The first-order valence-electron chi connectivity index (χ1n) is 6.55. The fraction of sp³-hybridized carbons (Fsp3) is 0.500. The van der Waals surface area contributed by atoms with E-state index in [0.717, 1.165) is 45.1 Å². The summed E-state index contributed by atoms with van der Waals surface area (Å²) in [4.78, 5) is 6.97. The number of hydrogen-bond donors (Lipinski definition) is 0. The Labute approximate surface area is 107 Å². The molecule has 96 valence electrons. The Hall–Kier alpha value is -1.39. The number of ether oxygens (including phenoxy) is 1. The van der Waals surface area contributed by atoms with Crippen LogP contribution >= 0.6 is 0 Å². The van der Waals surface area contributed by atoms with Gasteiger partial charge in [-0.05, 0) is 24.6 Å². The molecule has 0 N–H and O–H groups in total. The molecule has 0 spiro atoms. The Morgan fingerprint density at radius 1 is 1.33 bits per heavy atom. The summed E-state index contributed by atoms with van der Waals surface area (Å²) in [6.07, 6.45) is 5.07. The van der Waals surface area contributed by atoms with Crippen LogP contribution in [0.1, 0.15) is 11.4 Å². The van der Waals surface area contributed by atoms with Gasteiger partial charge < -0.3 is 9.14 Å². The number of fused-ring (bicyclic) bond motifs is 1. The van der Waals surface area contributed by atoms with Crippen molar-refractivity contribution >= 4 is 5.52 Å². The van der Waals surface area contributed by atoms with Gasteiger partial charge in [0.1, 0.15) is 5.82 Å². The minimum Gasteiger partial charge on any atom is -0.379 e. The molecule has 1 fully saturated rings. The molecule has 0 radical (unpaired) electrons. The smallest absolute Gasteiger partial charge is 0.114 e. The zero-order valence-electron chi connectivity index (χ0n) is 10.8. The molecule has 2 aromatic heterocycles. The second-order valence-corrected chi connectivity index (χ2v) is 4.88. The van der Waals surface area contributed by atoms with Crippen LogP contribution in [0.4, 0.5) is 0 Å². The van der Waals surface area contributed by atoms with E-state index in [4.69, 9.17) is 4.74 Å². The standard InChI is InChI=1S/C14H19N3O/c1-12-2-5-17-13(10-12)11-15-14(17)3-4-16-6-8-18-9-7-16/h2,5,10-11H,3-4,6-9H2,1H3. The largest absolute Gasteiger partial charge is 0.379 e. The number of aromatic nitrogens is 2. The second-order valence-electron chi connectivity index (χ2n) is 4.88. The minimum absolute atomic E-state index is 0.863. The maximum atomic E-state index is 5.36. The second kappa shape index (κ2) is 5.08. The summed E-state index contributed by atoms with van der Waals surface area (Å²) in [5.74, 6) is 1.15. The van der Waals surface area contributed by atoms with Crippen molar-refractivity contribution in [3.63, 3.8) is 0 Å². The predicted octanol–water partition coefficient (Wildman–Crippen LogP) is 1.52. The van der Waals surface area contributed by atoms with Crippen molar-refractivity contribution in [1.29, 1.82) is 0 Å². The zero-order chi connectivity index (χ0) is 12.4.